The molecule has 0 atom stereocenters. The van der Waals surface area contributed by atoms with E-state index < -0.39 is 5.91 Å². The molecule has 2 rings (SSSR count). The van der Waals surface area contributed by atoms with Gasteiger partial charge in [-0.05, 0) is 32.6 Å². The fourth-order valence-electron chi connectivity index (χ4n) is 1.62. The standard InChI is InChI=1S/C12H15N3O2/c1-15(2)6-5-8-7-17-10-4-3-9(12(13)16)14-11(8)10/h3-4,7H,5-6H2,1-2H3,(H2,13,16). The smallest absolute Gasteiger partial charge is 0.267 e. The lowest BCUT2D eigenvalue weighted by Crippen LogP contribution is -2.15. The lowest BCUT2D eigenvalue weighted by Gasteiger charge is -2.07. The fraction of sp³-hybridized carbons (Fsp3) is 0.333. The molecule has 0 aromatic carbocycles. The van der Waals surface area contributed by atoms with Crippen LogP contribution in [0.1, 0.15) is 16.1 Å². The summed E-state index contributed by atoms with van der Waals surface area (Å²) in [7, 11) is 4.01. The number of pyridine rings is 1. The van der Waals surface area contributed by atoms with Gasteiger partial charge in [-0.25, -0.2) is 4.98 Å². The third kappa shape index (κ3) is 2.45. The van der Waals surface area contributed by atoms with Crippen LogP contribution < -0.4 is 5.73 Å². The van der Waals surface area contributed by atoms with Crippen molar-refractivity contribution in [2.45, 2.75) is 6.42 Å². The van der Waals surface area contributed by atoms with Crippen molar-refractivity contribution in [3.05, 3.63) is 29.7 Å². The van der Waals surface area contributed by atoms with Crippen molar-refractivity contribution in [2.24, 2.45) is 5.73 Å². The molecule has 90 valence electrons. The largest absolute Gasteiger partial charge is 0.462 e. The molecule has 0 spiro atoms. The number of likely N-dealkylation sites (N-methyl/N-ethyl adjacent to an activating group) is 1. The van der Waals surface area contributed by atoms with Crippen LogP contribution in [0.25, 0.3) is 11.1 Å². The Morgan fingerprint density at radius 2 is 2.24 bits per heavy atom. The predicted molar refractivity (Wildman–Crippen MR) is 64.8 cm³/mol. The van der Waals surface area contributed by atoms with E-state index in [0.717, 1.165) is 24.0 Å². The average molecular weight is 233 g/mol. The molecule has 0 saturated heterocycles. The Labute approximate surface area is 99.2 Å². The first kappa shape index (κ1) is 11.6. The predicted octanol–water partition coefficient (Wildman–Crippen LogP) is 1.03. The molecule has 2 aromatic heterocycles. The van der Waals surface area contributed by atoms with Crippen molar-refractivity contribution in [3.8, 4) is 0 Å². The summed E-state index contributed by atoms with van der Waals surface area (Å²) in [4.78, 5) is 17.4. The Morgan fingerprint density at radius 3 is 2.88 bits per heavy atom. The van der Waals surface area contributed by atoms with Crippen LogP contribution in [0.15, 0.2) is 22.8 Å². The van der Waals surface area contributed by atoms with E-state index in [2.05, 4.69) is 9.88 Å². The Hall–Kier alpha value is -1.88. The molecule has 0 radical (unpaired) electrons. The zero-order valence-corrected chi connectivity index (χ0v) is 9.93. The van der Waals surface area contributed by atoms with Gasteiger partial charge in [0.1, 0.15) is 11.2 Å². The van der Waals surface area contributed by atoms with Gasteiger partial charge in [-0.1, -0.05) is 0 Å². The molecular formula is C12H15N3O2. The van der Waals surface area contributed by atoms with Crippen molar-refractivity contribution in [2.75, 3.05) is 20.6 Å². The van der Waals surface area contributed by atoms with Crippen LogP contribution in [-0.2, 0) is 6.42 Å². The third-order valence-electron chi connectivity index (χ3n) is 2.57. The first-order chi connectivity index (χ1) is 8.08. The fourth-order valence-corrected chi connectivity index (χ4v) is 1.62. The quantitative estimate of drug-likeness (QED) is 0.856. The second kappa shape index (κ2) is 4.55. The van der Waals surface area contributed by atoms with Crippen LogP contribution in [0.3, 0.4) is 0 Å². The highest BCUT2D eigenvalue weighted by Gasteiger charge is 2.10. The summed E-state index contributed by atoms with van der Waals surface area (Å²) in [5.41, 5.74) is 7.88. The lowest BCUT2D eigenvalue weighted by atomic mass is 10.2. The maximum atomic E-state index is 11.1. The number of aromatic nitrogens is 1. The molecular weight excluding hydrogens is 218 g/mol. The topological polar surface area (TPSA) is 72.4 Å². The van der Waals surface area contributed by atoms with Crippen LogP contribution >= 0.6 is 0 Å². The van der Waals surface area contributed by atoms with Crippen LogP contribution in [0.2, 0.25) is 0 Å². The molecule has 5 heteroatoms. The highest BCUT2D eigenvalue weighted by Crippen LogP contribution is 2.20. The van der Waals surface area contributed by atoms with Crippen molar-refractivity contribution in [1.82, 2.24) is 9.88 Å². The second-order valence-electron chi connectivity index (χ2n) is 4.22. The van der Waals surface area contributed by atoms with Crippen molar-refractivity contribution in [1.29, 1.82) is 0 Å². The number of hydrogen-bond donors (Lipinski definition) is 1. The second-order valence-corrected chi connectivity index (χ2v) is 4.22. The minimum Gasteiger partial charge on any atom is -0.462 e. The number of hydrogen-bond acceptors (Lipinski definition) is 4. The van der Waals surface area contributed by atoms with E-state index >= 15 is 0 Å². The Balaban J connectivity index is 2.36. The normalized spacial score (nSPS) is 11.2. The summed E-state index contributed by atoms with van der Waals surface area (Å²) in [5, 5.41) is 0. The zero-order chi connectivity index (χ0) is 12.4. The van der Waals surface area contributed by atoms with Gasteiger partial charge in [0.25, 0.3) is 5.91 Å². The number of carbonyl (C=O) groups excluding carboxylic acids is 1. The molecule has 0 aliphatic rings. The third-order valence-corrected chi connectivity index (χ3v) is 2.57. The van der Waals surface area contributed by atoms with Crippen molar-refractivity contribution >= 4 is 17.0 Å². The summed E-state index contributed by atoms with van der Waals surface area (Å²) in [6.07, 6.45) is 2.52. The molecule has 0 aliphatic heterocycles. The Kier molecular flexibility index (Phi) is 3.10. The van der Waals surface area contributed by atoms with Gasteiger partial charge in [0, 0.05) is 12.1 Å². The van der Waals surface area contributed by atoms with Crippen LogP contribution in [0, 0.1) is 0 Å². The number of carbonyl (C=O) groups is 1. The minimum atomic E-state index is -0.522. The molecule has 0 saturated carbocycles. The first-order valence-electron chi connectivity index (χ1n) is 5.39. The van der Waals surface area contributed by atoms with E-state index in [4.69, 9.17) is 10.2 Å². The van der Waals surface area contributed by atoms with E-state index in [-0.39, 0.29) is 5.69 Å². The van der Waals surface area contributed by atoms with Crippen LogP contribution in [0.4, 0.5) is 0 Å². The molecule has 1 amide bonds. The number of fused-ring (bicyclic) bond motifs is 1. The van der Waals surface area contributed by atoms with Gasteiger partial charge < -0.3 is 15.1 Å². The van der Waals surface area contributed by atoms with E-state index in [1.807, 2.05) is 14.1 Å². The highest BCUT2D eigenvalue weighted by molar-refractivity contribution is 5.93. The summed E-state index contributed by atoms with van der Waals surface area (Å²) < 4.78 is 5.38. The molecule has 2 heterocycles. The number of nitrogens with zero attached hydrogens (tertiary/aromatic N) is 2. The SMILES string of the molecule is CN(C)CCc1coc2ccc(C(N)=O)nc12. The molecule has 5 nitrogen and oxygen atoms in total. The van der Waals surface area contributed by atoms with Gasteiger partial charge >= 0.3 is 0 Å². The number of rotatable bonds is 4. The van der Waals surface area contributed by atoms with Crippen molar-refractivity contribution in [3.63, 3.8) is 0 Å². The first-order valence-corrected chi connectivity index (χ1v) is 5.39. The number of nitrogens with two attached hydrogens (primary N) is 1. The van der Waals surface area contributed by atoms with Crippen molar-refractivity contribution < 1.29 is 9.21 Å². The molecule has 17 heavy (non-hydrogen) atoms. The summed E-state index contributed by atoms with van der Waals surface area (Å²) in [6.45, 7) is 0.900. The lowest BCUT2D eigenvalue weighted by molar-refractivity contribution is 0.0996. The van der Waals surface area contributed by atoms with Crippen LogP contribution in [-0.4, -0.2) is 36.4 Å². The number of furan rings is 1. The Bertz CT molecular complexity index is 546. The zero-order valence-electron chi connectivity index (χ0n) is 9.93. The summed E-state index contributed by atoms with van der Waals surface area (Å²) >= 11 is 0. The number of primary amides is 1. The summed E-state index contributed by atoms with van der Waals surface area (Å²) in [5.74, 6) is -0.522. The van der Waals surface area contributed by atoms with E-state index in [9.17, 15) is 4.79 Å². The number of amides is 1. The van der Waals surface area contributed by atoms with E-state index in [1.165, 1.54) is 0 Å². The van der Waals surface area contributed by atoms with Gasteiger partial charge in [-0.15, -0.1) is 0 Å². The summed E-state index contributed by atoms with van der Waals surface area (Å²) in [6, 6.07) is 3.30. The molecule has 2 N–H and O–H groups in total. The maximum absolute atomic E-state index is 11.1. The van der Waals surface area contributed by atoms with Gasteiger partial charge in [0.15, 0.2) is 5.58 Å². The van der Waals surface area contributed by atoms with Gasteiger partial charge in [0.05, 0.1) is 6.26 Å². The minimum absolute atomic E-state index is 0.269. The van der Waals surface area contributed by atoms with Gasteiger partial charge in [-0.2, -0.15) is 0 Å². The molecule has 0 unspecified atom stereocenters. The maximum Gasteiger partial charge on any atom is 0.267 e. The Morgan fingerprint density at radius 1 is 1.47 bits per heavy atom. The molecule has 0 fully saturated rings. The molecule has 0 aliphatic carbocycles. The molecule has 2 aromatic rings. The molecule has 0 bridgehead atoms. The van der Waals surface area contributed by atoms with Gasteiger partial charge in [-0.3, -0.25) is 4.79 Å². The monoisotopic (exact) mass is 233 g/mol. The highest BCUT2D eigenvalue weighted by atomic mass is 16.3. The average Bonchev–Trinajstić information content (AvgIpc) is 2.68. The van der Waals surface area contributed by atoms with E-state index in [0.29, 0.717) is 5.58 Å². The van der Waals surface area contributed by atoms with Gasteiger partial charge in [0.2, 0.25) is 0 Å². The van der Waals surface area contributed by atoms with Crippen LogP contribution in [0.5, 0.6) is 0 Å². The van der Waals surface area contributed by atoms with E-state index in [1.54, 1.807) is 18.4 Å².